The lowest BCUT2D eigenvalue weighted by atomic mass is 10.2. The molecular formula is C20H16ClN5O2S. The van der Waals surface area contributed by atoms with Crippen molar-refractivity contribution in [2.24, 2.45) is 0 Å². The highest BCUT2D eigenvalue weighted by atomic mass is 35.5. The minimum absolute atomic E-state index is 0.211. The van der Waals surface area contributed by atoms with Gasteiger partial charge in [-0.25, -0.2) is 18.9 Å². The van der Waals surface area contributed by atoms with Gasteiger partial charge >= 0.3 is 5.69 Å². The van der Waals surface area contributed by atoms with Crippen LogP contribution in [0.3, 0.4) is 0 Å². The van der Waals surface area contributed by atoms with Crippen LogP contribution in [0.2, 0.25) is 5.02 Å². The van der Waals surface area contributed by atoms with Gasteiger partial charge in [0.15, 0.2) is 5.65 Å². The summed E-state index contributed by atoms with van der Waals surface area (Å²) in [5.74, 6) is -0.362. The average Bonchev–Trinajstić information content (AvgIpc) is 3.02. The molecule has 2 aromatic carbocycles. The van der Waals surface area contributed by atoms with Crippen LogP contribution in [-0.2, 0) is 11.3 Å². The van der Waals surface area contributed by atoms with Gasteiger partial charge in [0.25, 0.3) is 0 Å². The zero-order valence-electron chi connectivity index (χ0n) is 15.4. The Labute approximate surface area is 175 Å². The van der Waals surface area contributed by atoms with E-state index < -0.39 is 5.69 Å². The number of amides is 1. The molecule has 0 saturated heterocycles. The van der Waals surface area contributed by atoms with Gasteiger partial charge < -0.3 is 5.32 Å². The van der Waals surface area contributed by atoms with Gasteiger partial charge in [-0.15, -0.1) is 5.10 Å². The van der Waals surface area contributed by atoms with E-state index in [1.807, 2.05) is 31.2 Å². The Morgan fingerprint density at radius 2 is 1.86 bits per heavy atom. The molecule has 146 valence electrons. The predicted molar refractivity (Wildman–Crippen MR) is 113 cm³/mol. The minimum Gasteiger partial charge on any atom is -0.324 e. The smallest absolute Gasteiger partial charge is 0.324 e. The largest absolute Gasteiger partial charge is 0.350 e. The number of aryl methyl sites for hydroxylation is 1. The Morgan fingerprint density at radius 3 is 2.59 bits per heavy atom. The number of rotatable bonds is 5. The van der Waals surface area contributed by atoms with Gasteiger partial charge in [-0.05, 0) is 43.3 Å². The van der Waals surface area contributed by atoms with E-state index in [1.165, 1.54) is 22.4 Å². The maximum absolute atomic E-state index is 12.6. The first-order chi connectivity index (χ1) is 14.0. The third-order valence-electron chi connectivity index (χ3n) is 4.13. The number of carbonyl (C=O) groups is 1. The fraction of sp³-hybridized carbons (Fsp3) is 0.100. The molecule has 2 heterocycles. The quantitative estimate of drug-likeness (QED) is 0.528. The van der Waals surface area contributed by atoms with E-state index >= 15 is 0 Å². The molecule has 0 unspecified atom stereocenters. The average molecular weight is 426 g/mol. The second-order valence-electron chi connectivity index (χ2n) is 6.34. The minimum atomic E-state index is -0.403. The lowest BCUT2D eigenvalue weighted by Gasteiger charge is -2.04. The Morgan fingerprint density at radius 1 is 1.14 bits per heavy atom. The van der Waals surface area contributed by atoms with Gasteiger partial charge in [0.1, 0.15) is 11.6 Å². The topological polar surface area (TPSA) is 81.3 Å². The zero-order valence-corrected chi connectivity index (χ0v) is 16.9. The lowest BCUT2D eigenvalue weighted by Crippen LogP contribution is -2.28. The van der Waals surface area contributed by atoms with Crippen molar-refractivity contribution < 1.29 is 4.79 Å². The fourth-order valence-electron chi connectivity index (χ4n) is 2.69. The summed E-state index contributed by atoms with van der Waals surface area (Å²) in [5, 5.41) is 8.21. The van der Waals surface area contributed by atoms with Crippen LogP contribution in [0, 0.1) is 6.92 Å². The van der Waals surface area contributed by atoms with E-state index in [9.17, 15) is 9.59 Å². The molecule has 0 saturated carbocycles. The van der Waals surface area contributed by atoms with E-state index in [0.29, 0.717) is 21.4 Å². The van der Waals surface area contributed by atoms with Crippen LogP contribution in [0.25, 0.3) is 5.65 Å². The molecule has 4 rings (SSSR count). The van der Waals surface area contributed by atoms with E-state index in [2.05, 4.69) is 15.4 Å². The van der Waals surface area contributed by atoms with Crippen LogP contribution in [0.15, 0.2) is 75.6 Å². The summed E-state index contributed by atoms with van der Waals surface area (Å²) < 4.78 is 2.51. The normalized spacial score (nSPS) is 11.0. The molecule has 0 fully saturated rings. The van der Waals surface area contributed by atoms with Crippen molar-refractivity contribution in [2.75, 3.05) is 5.32 Å². The molecule has 1 amide bonds. The first-order valence-corrected chi connectivity index (χ1v) is 9.93. The SMILES string of the molecule is Cc1ccc(Sc2nccn3c(=O)n(CC(=O)Nc4ccc(Cl)cc4)nc23)cc1. The van der Waals surface area contributed by atoms with Crippen molar-refractivity contribution in [3.05, 3.63) is 82.0 Å². The Kier molecular flexibility index (Phi) is 5.37. The summed E-state index contributed by atoms with van der Waals surface area (Å²) in [5.41, 5.74) is 1.75. The Balaban J connectivity index is 1.58. The molecule has 1 N–H and O–H groups in total. The maximum Gasteiger partial charge on any atom is 0.350 e. The summed E-state index contributed by atoms with van der Waals surface area (Å²) in [4.78, 5) is 30.3. The molecule has 0 aliphatic carbocycles. The van der Waals surface area contributed by atoms with Crippen molar-refractivity contribution in [1.82, 2.24) is 19.2 Å². The highest BCUT2D eigenvalue weighted by Gasteiger charge is 2.15. The summed E-state index contributed by atoms with van der Waals surface area (Å²) in [7, 11) is 0. The Hall–Kier alpha value is -3.10. The molecule has 0 atom stereocenters. The third-order valence-corrected chi connectivity index (χ3v) is 5.37. The molecule has 4 aromatic rings. The number of halogens is 1. The number of anilines is 1. The van der Waals surface area contributed by atoms with Crippen LogP contribution >= 0.6 is 23.4 Å². The van der Waals surface area contributed by atoms with E-state index in [0.717, 1.165) is 15.1 Å². The van der Waals surface area contributed by atoms with Gasteiger partial charge in [0.05, 0.1) is 0 Å². The Bertz CT molecular complexity index is 1230. The first-order valence-electron chi connectivity index (χ1n) is 8.74. The first kappa shape index (κ1) is 19.2. The molecule has 7 nitrogen and oxygen atoms in total. The number of carbonyl (C=O) groups excluding carboxylic acids is 1. The summed E-state index contributed by atoms with van der Waals surface area (Å²) in [6, 6.07) is 14.7. The molecule has 0 spiro atoms. The van der Waals surface area contributed by atoms with E-state index in [4.69, 9.17) is 11.6 Å². The third kappa shape index (κ3) is 4.33. The van der Waals surface area contributed by atoms with Crippen LogP contribution in [0.4, 0.5) is 5.69 Å². The molecular weight excluding hydrogens is 410 g/mol. The van der Waals surface area contributed by atoms with Crippen molar-refractivity contribution >= 4 is 40.6 Å². The van der Waals surface area contributed by atoms with E-state index in [1.54, 1.807) is 30.5 Å². The standard InChI is InChI=1S/C20H16ClN5O2S/c1-13-2-8-16(9-3-13)29-19-18-24-26(20(28)25(18)11-10-22-19)12-17(27)23-15-6-4-14(21)5-7-15/h2-11H,12H2,1H3,(H,23,27). The van der Waals surface area contributed by atoms with Crippen LogP contribution in [0.5, 0.6) is 0 Å². The van der Waals surface area contributed by atoms with Crippen molar-refractivity contribution in [1.29, 1.82) is 0 Å². The second kappa shape index (κ2) is 8.10. The zero-order chi connectivity index (χ0) is 20.4. The van der Waals surface area contributed by atoms with Gasteiger partial charge in [0.2, 0.25) is 5.91 Å². The second-order valence-corrected chi connectivity index (χ2v) is 7.84. The number of nitrogens with one attached hydrogen (secondary N) is 1. The monoisotopic (exact) mass is 425 g/mol. The summed E-state index contributed by atoms with van der Waals surface area (Å²) in [6.45, 7) is 1.81. The molecule has 0 bridgehead atoms. The van der Waals surface area contributed by atoms with Gasteiger partial charge in [-0.3, -0.25) is 4.79 Å². The maximum atomic E-state index is 12.6. The predicted octanol–water partition coefficient (Wildman–Crippen LogP) is 3.64. The van der Waals surface area contributed by atoms with Crippen molar-refractivity contribution in [3.8, 4) is 0 Å². The number of hydrogen-bond donors (Lipinski definition) is 1. The highest BCUT2D eigenvalue weighted by Crippen LogP contribution is 2.28. The number of hydrogen-bond acceptors (Lipinski definition) is 5. The number of benzene rings is 2. The molecule has 29 heavy (non-hydrogen) atoms. The van der Waals surface area contributed by atoms with Crippen LogP contribution in [-0.4, -0.2) is 25.1 Å². The summed E-state index contributed by atoms with van der Waals surface area (Å²) >= 11 is 7.26. The molecule has 9 heteroatoms. The van der Waals surface area contributed by atoms with Gasteiger partial charge in [0, 0.05) is 28.0 Å². The van der Waals surface area contributed by atoms with Gasteiger partial charge in [-0.2, -0.15) is 0 Å². The number of nitrogens with zero attached hydrogens (tertiary/aromatic N) is 4. The van der Waals surface area contributed by atoms with Crippen molar-refractivity contribution in [3.63, 3.8) is 0 Å². The van der Waals surface area contributed by atoms with E-state index in [-0.39, 0.29) is 12.5 Å². The number of aromatic nitrogens is 4. The van der Waals surface area contributed by atoms with Crippen LogP contribution < -0.4 is 11.0 Å². The molecule has 0 aliphatic rings. The summed E-state index contributed by atoms with van der Waals surface area (Å²) in [6.07, 6.45) is 3.09. The lowest BCUT2D eigenvalue weighted by molar-refractivity contribution is -0.117. The molecule has 2 aromatic heterocycles. The molecule has 0 aliphatic heterocycles. The highest BCUT2D eigenvalue weighted by molar-refractivity contribution is 7.99. The number of fused-ring (bicyclic) bond motifs is 1. The van der Waals surface area contributed by atoms with Gasteiger partial charge in [-0.1, -0.05) is 41.1 Å². The molecule has 0 radical (unpaired) electrons. The fourth-order valence-corrected chi connectivity index (χ4v) is 3.65. The van der Waals surface area contributed by atoms with Crippen LogP contribution in [0.1, 0.15) is 5.56 Å². The van der Waals surface area contributed by atoms with Crippen molar-refractivity contribution in [2.45, 2.75) is 23.4 Å².